The lowest BCUT2D eigenvalue weighted by molar-refractivity contribution is -0.385. The first-order valence-corrected chi connectivity index (χ1v) is 6.16. The normalized spacial score (nSPS) is 11.2. The van der Waals surface area contributed by atoms with E-state index in [0.29, 0.717) is 0 Å². The van der Waals surface area contributed by atoms with Crippen molar-refractivity contribution in [2.24, 2.45) is 0 Å². The van der Waals surface area contributed by atoms with Gasteiger partial charge in [0.2, 0.25) is 0 Å². The number of benzene rings is 1. The maximum Gasteiger partial charge on any atom is 0.387 e. The highest BCUT2D eigenvalue weighted by molar-refractivity contribution is 5.71. The van der Waals surface area contributed by atoms with Crippen LogP contribution in [0.4, 0.5) is 14.5 Å². The Bertz CT molecular complexity index is 556. The fourth-order valence-electron chi connectivity index (χ4n) is 1.42. The molecule has 0 aliphatic rings. The summed E-state index contributed by atoms with van der Waals surface area (Å²) in [6.07, 6.45) is 0. The van der Waals surface area contributed by atoms with Gasteiger partial charge in [0.05, 0.1) is 11.0 Å². The first-order valence-electron chi connectivity index (χ1n) is 6.16. The summed E-state index contributed by atoms with van der Waals surface area (Å²) in [6, 6.07) is 2.84. The number of ether oxygens (including phenoxy) is 3. The van der Waals surface area contributed by atoms with E-state index in [9.17, 15) is 23.7 Å². The Hall–Kier alpha value is -2.45. The topological polar surface area (TPSA) is 87.9 Å². The molecular weight excluding hydrogens is 304 g/mol. The van der Waals surface area contributed by atoms with Crippen LogP contribution in [0.2, 0.25) is 0 Å². The molecule has 0 unspecified atom stereocenters. The number of halogens is 2. The van der Waals surface area contributed by atoms with Gasteiger partial charge in [0, 0.05) is 6.07 Å². The second-order valence-corrected chi connectivity index (χ2v) is 5.14. The number of hydrogen-bond donors (Lipinski definition) is 0. The van der Waals surface area contributed by atoms with Gasteiger partial charge in [-0.15, -0.1) is 0 Å². The van der Waals surface area contributed by atoms with E-state index in [-0.39, 0.29) is 11.4 Å². The predicted molar refractivity (Wildman–Crippen MR) is 71.1 cm³/mol. The van der Waals surface area contributed by atoms with Crippen LogP contribution in [0.15, 0.2) is 18.2 Å². The molecule has 0 atom stereocenters. The van der Waals surface area contributed by atoms with E-state index in [0.717, 1.165) is 18.2 Å². The maximum atomic E-state index is 12.3. The van der Waals surface area contributed by atoms with E-state index in [1.807, 2.05) is 0 Å². The van der Waals surface area contributed by atoms with Gasteiger partial charge in [-0.2, -0.15) is 8.78 Å². The molecule has 0 aliphatic carbocycles. The highest BCUT2D eigenvalue weighted by Crippen LogP contribution is 2.32. The molecule has 7 nitrogen and oxygen atoms in total. The largest absolute Gasteiger partial charge is 0.478 e. The van der Waals surface area contributed by atoms with Crippen LogP contribution in [0.3, 0.4) is 0 Å². The lowest BCUT2D eigenvalue weighted by Gasteiger charge is -2.19. The van der Waals surface area contributed by atoms with Crippen LogP contribution >= 0.6 is 0 Å². The molecule has 0 aliphatic heterocycles. The number of rotatable bonds is 6. The molecule has 22 heavy (non-hydrogen) atoms. The average molecular weight is 319 g/mol. The zero-order valence-corrected chi connectivity index (χ0v) is 12.2. The molecule has 0 saturated heterocycles. The molecule has 0 fully saturated rings. The fraction of sp³-hybridized carbons (Fsp3) is 0.462. The molecule has 9 heteroatoms. The molecule has 0 spiro atoms. The molecule has 122 valence electrons. The van der Waals surface area contributed by atoms with E-state index in [2.05, 4.69) is 4.74 Å². The van der Waals surface area contributed by atoms with Crippen LogP contribution in [-0.2, 0) is 9.53 Å². The molecule has 0 amide bonds. The van der Waals surface area contributed by atoms with Gasteiger partial charge in [0.15, 0.2) is 18.1 Å². The molecule has 1 aromatic rings. The van der Waals surface area contributed by atoms with Crippen molar-refractivity contribution in [3.05, 3.63) is 28.3 Å². The number of carbonyl (C=O) groups is 1. The lowest BCUT2D eigenvalue weighted by Crippen LogP contribution is -2.27. The molecule has 0 bridgehead atoms. The third-order valence-corrected chi connectivity index (χ3v) is 2.12. The van der Waals surface area contributed by atoms with Crippen molar-refractivity contribution in [2.75, 3.05) is 6.61 Å². The quantitative estimate of drug-likeness (QED) is 0.455. The SMILES string of the molecule is CC(C)(C)OC(=O)COc1cc([N+](=O)[O-])ccc1OC(F)F. The Balaban J connectivity index is 2.87. The van der Waals surface area contributed by atoms with Crippen LogP contribution in [0.25, 0.3) is 0 Å². The van der Waals surface area contributed by atoms with Gasteiger partial charge in [-0.25, -0.2) is 4.79 Å². The summed E-state index contributed by atoms with van der Waals surface area (Å²) in [4.78, 5) is 21.5. The Kier molecular flexibility index (Phi) is 5.61. The van der Waals surface area contributed by atoms with Crippen molar-refractivity contribution in [2.45, 2.75) is 33.0 Å². The number of non-ortho nitro benzene ring substituents is 1. The minimum absolute atomic E-state index is 0.347. The van der Waals surface area contributed by atoms with E-state index >= 15 is 0 Å². The van der Waals surface area contributed by atoms with E-state index in [1.54, 1.807) is 20.8 Å². The highest BCUT2D eigenvalue weighted by atomic mass is 19.3. The van der Waals surface area contributed by atoms with Crippen molar-refractivity contribution in [3.63, 3.8) is 0 Å². The smallest absolute Gasteiger partial charge is 0.387 e. The minimum Gasteiger partial charge on any atom is -0.478 e. The van der Waals surface area contributed by atoms with Crippen molar-refractivity contribution < 1.29 is 32.7 Å². The zero-order valence-electron chi connectivity index (χ0n) is 12.2. The number of carbonyl (C=O) groups excluding carboxylic acids is 1. The lowest BCUT2D eigenvalue weighted by atomic mass is 10.2. The van der Waals surface area contributed by atoms with Gasteiger partial charge < -0.3 is 14.2 Å². The third-order valence-electron chi connectivity index (χ3n) is 2.12. The van der Waals surface area contributed by atoms with Crippen molar-refractivity contribution in [1.29, 1.82) is 0 Å². The minimum atomic E-state index is -3.13. The summed E-state index contributed by atoms with van der Waals surface area (Å²) in [5.41, 5.74) is -1.13. The standard InChI is InChI=1S/C13H15F2NO6/c1-13(2,3)22-11(17)7-20-10-6-8(16(18)19)4-5-9(10)21-12(14)15/h4-6,12H,7H2,1-3H3. The number of nitro benzene ring substituents is 1. The number of hydrogen-bond acceptors (Lipinski definition) is 6. The molecule has 0 saturated carbocycles. The van der Waals surface area contributed by atoms with Crippen molar-refractivity contribution in [3.8, 4) is 11.5 Å². The molecule has 0 heterocycles. The first kappa shape index (κ1) is 17.6. The zero-order chi connectivity index (χ0) is 16.9. The Labute approximate surface area is 124 Å². The van der Waals surface area contributed by atoms with E-state index in [1.165, 1.54) is 0 Å². The Morgan fingerprint density at radius 3 is 2.45 bits per heavy atom. The Morgan fingerprint density at radius 2 is 1.95 bits per heavy atom. The summed E-state index contributed by atoms with van der Waals surface area (Å²) < 4.78 is 38.7. The van der Waals surface area contributed by atoms with Crippen molar-refractivity contribution in [1.82, 2.24) is 0 Å². The van der Waals surface area contributed by atoms with Crippen LogP contribution in [-0.4, -0.2) is 29.7 Å². The number of esters is 1. The second-order valence-electron chi connectivity index (χ2n) is 5.14. The van der Waals surface area contributed by atoms with Gasteiger partial charge >= 0.3 is 12.6 Å². The van der Waals surface area contributed by atoms with Crippen LogP contribution in [0.5, 0.6) is 11.5 Å². The second kappa shape index (κ2) is 7.01. The predicted octanol–water partition coefficient (Wildman–Crippen LogP) is 2.92. The molecule has 1 aromatic carbocycles. The van der Waals surface area contributed by atoms with Gasteiger partial charge in [-0.05, 0) is 26.8 Å². The molecule has 0 radical (unpaired) electrons. The fourth-order valence-corrected chi connectivity index (χ4v) is 1.42. The monoisotopic (exact) mass is 319 g/mol. The van der Waals surface area contributed by atoms with Gasteiger partial charge in [-0.3, -0.25) is 10.1 Å². The maximum absolute atomic E-state index is 12.3. The number of nitrogens with zero attached hydrogens (tertiary/aromatic N) is 1. The summed E-state index contributed by atoms with van der Waals surface area (Å²) in [5, 5.41) is 10.7. The highest BCUT2D eigenvalue weighted by Gasteiger charge is 2.20. The van der Waals surface area contributed by atoms with Gasteiger partial charge in [0.25, 0.3) is 5.69 Å². The summed E-state index contributed by atoms with van der Waals surface area (Å²) in [5.74, 6) is -1.51. The first-order chi connectivity index (χ1) is 10.1. The van der Waals surface area contributed by atoms with E-state index in [4.69, 9.17) is 9.47 Å². The summed E-state index contributed by atoms with van der Waals surface area (Å²) in [7, 11) is 0. The summed E-state index contributed by atoms with van der Waals surface area (Å²) in [6.45, 7) is 1.19. The molecule has 1 rings (SSSR count). The molecule has 0 aromatic heterocycles. The summed E-state index contributed by atoms with van der Waals surface area (Å²) >= 11 is 0. The van der Waals surface area contributed by atoms with Crippen LogP contribution in [0, 0.1) is 10.1 Å². The van der Waals surface area contributed by atoms with Gasteiger partial charge in [-0.1, -0.05) is 0 Å². The number of alkyl halides is 2. The van der Waals surface area contributed by atoms with Gasteiger partial charge in [0.1, 0.15) is 5.60 Å². The van der Waals surface area contributed by atoms with E-state index < -0.39 is 35.5 Å². The Morgan fingerprint density at radius 1 is 1.32 bits per heavy atom. The average Bonchev–Trinajstić information content (AvgIpc) is 2.34. The third kappa shape index (κ3) is 5.90. The van der Waals surface area contributed by atoms with Crippen molar-refractivity contribution >= 4 is 11.7 Å². The van der Waals surface area contributed by atoms with Crippen LogP contribution in [0.1, 0.15) is 20.8 Å². The van der Waals surface area contributed by atoms with Crippen LogP contribution < -0.4 is 9.47 Å². The molecular formula is C13H15F2NO6. The number of nitro groups is 1. The molecule has 0 N–H and O–H groups in total.